The molecule has 3 N–H and O–H groups in total. The van der Waals surface area contributed by atoms with Gasteiger partial charge < -0.3 is 20.1 Å². The number of nitrogens with one attached hydrogen (secondary N) is 2. The summed E-state index contributed by atoms with van der Waals surface area (Å²) in [5.74, 6) is -0.420. The SMILES string of the molecule is O=C(N[C@@H]1CCC[C@H](c2nc3ccccc3[nH]2)C1)c1ccc2c(c1)CCO2.O=C(O)C(F)(F)F. The summed E-state index contributed by atoms with van der Waals surface area (Å²) in [4.78, 5) is 29.8. The number of fused-ring (bicyclic) bond motifs is 2. The number of amides is 1. The van der Waals surface area contributed by atoms with Crippen LogP contribution in [0, 0.1) is 0 Å². The highest BCUT2D eigenvalue weighted by Gasteiger charge is 2.38. The molecule has 2 heterocycles. The van der Waals surface area contributed by atoms with Gasteiger partial charge in [-0.05, 0) is 55.2 Å². The van der Waals surface area contributed by atoms with Gasteiger partial charge in [-0.15, -0.1) is 0 Å². The van der Waals surface area contributed by atoms with Crippen LogP contribution in [0.5, 0.6) is 5.75 Å². The zero-order valence-electron chi connectivity index (χ0n) is 18.2. The second-order valence-electron chi connectivity index (χ2n) is 8.40. The van der Waals surface area contributed by atoms with E-state index in [1.807, 2.05) is 36.4 Å². The molecule has 1 aliphatic heterocycles. The molecule has 3 aromatic rings. The largest absolute Gasteiger partial charge is 0.493 e. The second-order valence-corrected chi connectivity index (χ2v) is 8.40. The Morgan fingerprint density at radius 2 is 1.91 bits per heavy atom. The van der Waals surface area contributed by atoms with Crippen LogP contribution in [0.1, 0.15) is 53.3 Å². The van der Waals surface area contributed by atoms with Crippen molar-refractivity contribution < 1.29 is 32.6 Å². The summed E-state index contributed by atoms with van der Waals surface area (Å²) in [5.41, 5.74) is 3.95. The predicted molar refractivity (Wildman–Crippen MR) is 118 cm³/mol. The van der Waals surface area contributed by atoms with Gasteiger partial charge in [0, 0.05) is 23.9 Å². The van der Waals surface area contributed by atoms with E-state index in [-0.39, 0.29) is 11.9 Å². The Balaban J connectivity index is 0.000000344. The number of aromatic nitrogens is 2. The smallest absolute Gasteiger partial charge is 0.490 e. The third-order valence-corrected chi connectivity index (χ3v) is 6.00. The lowest BCUT2D eigenvalue weighted by Crippen LogP contribution is -2.38. The van der Waals surface area contributed by atoms with E-state index in [9.17, 15) is 18.0 Å². The molecule has 1 amide bonds. The second kappa shape index (κ2) is 9.74. The first-order valence-corrected chi connectivity index (χ1v) is 11.0. The van der Waals surface area contributed by atoms with Gasteiger partial charge in [0.15, 0.2) is 0 Å². The van der Waals surface area contributed by atoms with Crippen molar-refractivity contribution in [3.8, 4) is 5.75 Å². The zero-order valence-corrected chi connectivity index (χ0v) is 18.2. The third kappa shape index (κ3) is 5.49. The summed E-state index contributed by atoms with van der Waals surface area (Å²) in [7, 11) is 0. The van der Waals surface area contributed by atoms with Crippen molar-refractivity contribution in [2.24, 2.45) is 0 Å². The molecule has 180 valence electrons. The fraction of sp³-hybridized carbons (Fsp3) is 0.375. The predicted octanol–water partition coefficient (Wildman–Crippen LogP) is 4.59. The van der Waals surface area contributed by atoms with Crippen molar-refractivity contribution in [1.29, 1.82) is 0 Å². The monoisotopic (exact) mass is 475 g/mol. The van der Waals surface area contributed by atoms with Crippen molar-refractivity contribution in [2.45, 2.75) is 50.2 Å². The molecule has 1 saturated carbocycles. The van der Waals surface area contributed by atoms with Crippen LogP contribution in [0.15, 0.2) is 42.5 Å². The molecule has 0 spiro atoms. The summed E-state index contributed by atoms with van der Waals surface area (Å²) in [6, 6.07) is 14.1. The molecule has 34 heavy (non-hydrogen) atoms. The van der Waals surface area contributed by atoms with Gasteiger partial charge in [0.05, 0.1) is 17.6 Å². The van der Waals surface area contributed by atoms with Crippen molar-refractivity contribution in [1.82, 2.24) is 15.3 Å². The highest BCUT2D eigenvalue weighted by molar-refractivity contribution is 5.94. The molecule has 1 aliphatic carbocycles. The third-order valence-electron chi connectivity index (χ3n) is 6.00. The number of carbonyl (C=O) groups is 2. The molecule has 5 rings (SSSR count). The number of alkyl halides is 3. The highest BCUT2D eigenvalue weighted by atomic mass is 19.4. The number of carbonyl (C=O) groups excluding carboxylic acids is 1. The van der Waals surface area contributed by atoms with Crippen LogP contribution < -0.4 is 10.1 Å². The number of para-hydroxylation sites is 2. The number of benzene rings is 2. The zero-order chi connectivity index (χ0) is 24.3. The highest BCUT2D eigenvalue weighted by Crippen LogP contribution is 2.33. The van der Waals surface area contributed by atoms with E-state index in [0.29, 0.717) is 12.5 Å². The quantitative estimate of drug-likeness (QED) is 0.514. The van der Waals surface area contributed by atoms with Gasteiger partial charge in [-0.3, -0.25) is 4.79 Å². The Labute approximate surface area is 193 Å². The average molecular weight is 475 g/mol. The minimum atomic E-state index is -5.08. The number of hydrogen-bond donors (Lipinski definition) is 3. The number of imidazole rings is 1. The maximum Gasteiger partial charge on any atom is 0.490 e. The first-order chi connectivity index (χ1) is 16.2. The molecule has 2 aliphatic rings. The van der Waals surface area contributed by atoms with E-state index in [4.69, 9.17) is 19.6 Å². The van der Waals surface area contributed by atoms with E-state index in [2.05, 4.69) is 16.4 Å². The van der Waals surface area contributed by atoms with Gasteiger partial charge in [0.25, 0.3) is 5.91 Å². The Morgan fingerprint density at radius 1 is 1.15 bits per heavy atom. The van der Waals surface area contributed by atoms with Gasteiger partial charge in [0.2, 0.25) is 0 Å². The molecular weight excluding hydrogens is 451 g/mol. The molecule has 0 saturated heterocycles. The normalized spacial score (nSPS) is 19.5. The van der Waals surface area contributed by atoms with Crippen LogP contribution in [0.2, 0.25) is 0 Å². The molecular formula is C24H24F3N3O4. The molecule has 10 heteroatoms. The molecule has 0 bridgehead atoms. The lowest BCUT2D eigenvalue weighted by Gasteiger charge is -2.28. The number of H-pyrrole nitrogens is 1. The molecule has 7 nitrogen and oxygen atoms in total. The molecule has 2 aromatic carbocycles. The number of halogens is 3. The lowest BCUT2D eigenvalue weighted by atomic mass is 9.85. The van der Waals surface area contributed by atoms with E-state index in [0.717, 1.165) is 65.8 Å². The molecule has 0 unspecified atom stereocenters. The van der Waals surface area contributed by atoms with E-state index < -0.39 is 12.1 Å². The van der Waals surface area contributed by atoms with Gasteiger partial charge in [-0.1, -0.05) is 18.6 Å². The number of aliphatic carboxylic acids is 1. The van der Waals surface area contributed by atoms with Crippen LogP contribution in [0.25, 0.3) is 11.0 Å². The molecule has 2 atom stereocenters. The van der Waals surface area contributed by atoms with Crippen LogP contribution in [0.4, 0.5) is 13.2 Å². The van der Waals surface area contributed by atoms with Crippen LogP contribution in [-0.2, 0) is 11.2 Å². The number of hydrogen-bond acceptors (Lipinski definition) is 4. The Kier molecular flexibility index (Phi) is 6.76. The number of rotatable bonds is 3. The van der Waals surface area contributed by atoms with Gasteiger partial charge >= 0.3 is 12.1 Å². The van der Waals surface area contributed by atoms with Crippen molar-refractivity contribution in [3.05, 3.63) is 59.4 Å². The minimum Gasteiger partial charge on any atom is -0.493 e. The van der Waals surface area contributed by atoms with E-state index in [1.165, 1.54) is 0 Å². The topological polar surface area (TPSA) is 104 Å². The Hall–Kier alpha value is -3.56. The summed E-state index contributed by atoms with van der Waals surface area (Å²) in [6.07, 6.45) is -0.0306. The van der Waals surface area contributed by atoms with Crippen LogP contribution in [0.3, 0.4) is 0 Å². The summed E-state index contributed by atoms with van der Waals surface area (Å²) >= 11 is 0. The fourth-order valence-electron chi connectivity index (χ4n) is 4.33. The average Bonchev–Trinajstić information content (AvgIpc) is 3.45. The van der Waals surface area contributed by atoms with Crippen LogP contribution in [-0.4, -0.2) is 45.8 Å². The first kappa shape index (κ1) is 23.6. The summed E-state index contributed by atoms with van der Waals surface area (Å²) in [6.45, 7) is 0.711. The maximum atomic E-state index is 12.7. The number of nitrogens with zero attached hydrogens (tertiary/aromatic N) is 1. The van der Waals surface area contributed by atoms with Gasteiger partial charge in [0.1, 0.15) is 11.6 Å². The number of carboxylic acids is 1. The fourth-order valence-corrected chi connectivity index (χ4v) is 4.33. The van der Waals surface area contributed by atoms with E-state index in [1.54, 1.807) is 0 Å². The Bertz CT molecular complexity index is 1160. The van der Waals surface area contributed by atoms with Gasteiger partial charge in [-0.25, -0.2) is 9.78 Å². The van der Waals surface area contributed by atoms with Crippen molar-refractivity contribution in [3.63, 3.8) is 0 Å². The standard InChI is InChI=1S/C22H23N3O2.C2HF3O2/c26-22(16-8-9-20-14(12-16)10-11-27-20)23-17-5-3-4-15(13-17)21-24-18-6-1-2-7-19(18)25-21;3-2(4,5)1(6)7/h1-2,6-9,12,15,17H,3-5,10-11,13H2,(H,23,26)(H,24,25);(H,6,7)/t15-,17+;/m0./s1. The first-order valence-electron chi connectivity index (χ1n) is 11.0. The van der Waals surface area contributed by atoms with Crippen LogP contribution >= 0.6 is 0 Å². The molecule has 1 aromatic heterocycles. The number of carboxylic acid groups (broad SMARTS) is 1. The Morgan fingerprint density at radius 3 is 2.65 bits per heavy atom. The molecule has 0 radical (unpaired) electrons. The summed E-state index contributed by atoms with van der Waals surface area (Å²) < 4.78 is 37.3. The van der Waals surface area contributed by atoms with E-state index >= 15 is 0 Å². The summed E-state index contributed by atoms with van der Waals surface area (Å²) in [5, 5.41) is 10.4. The van der Waals surface area contributed by atoms with Crippen molar-refractivity contribution >= 4 is 22.9 Å². The van der Waals surface area contributed by atoms with Crippen molar-refractivity contribution in [2.75, 3.05) is 6.61 Å². The number of aromatic amines is 1. The van der Waals surface area contributed by atoms with Gasteiger partial charge in [-0.2, -0.15) is 13.2 Å². The number of ether oxygens (including phenoxy) is 1. The maximum absolute atomic E-state index is 12.7. The minimum absolute atomic E-state index is 0.0138. The lowest BCUT2D eigenvalue weighted by molar-refractivity contribution is -0.192. The molecule has 1 fully saturated rings.